The minimum absolute atomic E-state index is 0.669. The van der Waals surface area contributed by atoms with Gasteiger partial charge in [0.05, 0.1) is 6.33 Å². The van der Waals surface area contributed by atoms with Gasteiger partial charge in [-0.25, -0.2) is 4.98 Å². The highest BCUT2D eigenvalue weighted by atomic mass is 16.4. The average Bonchev–Trinajstić information content (AvgIpc) is 3.08. The molecule has 0 atom stereocenters. The summed E-state index contributed by atoms with van der Waals surface area (Å²) in [7, 11) is 0. The lowest BCUT2D eigenvalue weighted by molar-refractivity contribution is 0.264. The van der Waals surface area contributed by atoms with Crippen molar-refractivity contribution in [3.8, 4) is 5.69 Å². The number of hydrogen-bond acceptors (Lipinski definition) is 5. The number of imidazole rings is 1. The molecule has 6 heteroatoms. The second-order valence-corrected chi connectivity index (χ2v) is 5.09. The van der Waals surface area contributed by atoms with Crippen LogP contribution in [0.2, 0.25) is 0 Å². The van der Waals surface area contributed by atoms with E-state index in [9.17, 15) is 5.21 Å². The zero-order valence-corrected chi connectivity index (χ0v) is 11.8. The molecular formula is C15H19N5O. The summed E-state index contributed by atoms with van der Waals surface area (Å²) < 4.78 is 1.94. The first-order valence-electron chi connectivity index (χ1n) is 7.09. The first kappa shape index (κ1) is 13.8. The topological polar surface area (TPSA) is 65.7 Å². The molecule has 6 nitrogen and oxygen atoms in total. The highest BCUT2D eigenvalue weighted by Crippen LogP contribution is 2.11. The van der Waals surface area contributed by atoms with Crippen LogP contribution in [0.15, 0.2) is 48.1 Å². The molecule has 2 heterocycles. The van der Waals surface area contributed by atoms with Crippen LogP contribution in [0.25, 0.3) is 5.69 Å². The number of aromatic nitrogens is 2. The van der Waals surface area contributed by atoms with Crippen LogP contribution in [0, 0.1) is 0 Å². The van der Waals surface area contributed by atoms with Crippen molar-refractivity contribution >= 4 is 5.71 Å². The Morgan fingerprint density at radius 1 is 1.24 bits per heavy atom. The predicted octanol–water partition coefficient (Wildman–Crippen LogP) is 0.956. The zero-order chi connectivity index (χ0) is 14.5. The average molecular weight is 285 g/mol. The van der Waals surface area contributed by atoms with Crippen molar-refractivity contribution in [3.05, 3.63) is 48.5 Å². The highest BCUT2D eigenvalue weighted by molar-refractivity contribution is 6.01. The molecule has 1 saturated heterocycles. The number of nitrogens with zero attached hydrogens (tertiary/aromatic N) is 4. The molecule has 2 N–H and O–H groups in total. The Labute approximate surface area is 123 Å². The summed E-state index contributed by atoms with van der Waals surface area (Å²) >= 11 is 0. The minimum Gasteiger partial charge on any atom is -0.411 e. The Morgan fingerprint density at radius 3 is 2.62 bits per heavy atom. The maximum atomic E-state index is 9.29. The first-order chi connectivity index (χ1) is 10.4. The van der Waals surface area contributed by atoms with Crippen LogP contribution in [0.1, 0.15) is 5.56 Å². The van der Waals surface area contributed by atoms with Crippen molar-refractivity contribution in [1.29, 1.82) is 0 Å². The standard InChI is InChI=1S/C15H19N5O/c21-18-15(11-19-8-5-16-6-9-19)13-1-3-14(4-2-13)20-10-7-17-12-20/h1-4,7,10,12,16,21H,5-6,8-9,11H2/b18-15+. The van der Waals surface area contributed by atoms with E-state index in [4.69, 9.17) is 0 Å². The van der Waals surface area contributed by atoms with Gasteiger partial charge < -0.3 is 15.1 Å². The van der Waals surface area contributed by atoms with Crippen molar-refractivity contribution in [1.82, 2.24) is 19.8 Å². The third kappa shape index (κ3) is 3.29. The molecule has 110 valence electrons. The van der Waals surface area contributed by atoms with E-state index in [0.717, 1.165) is 37.4 Å². The fourth-order valence-corrected chi connectivity index (χ4v) is 2.50. The van der Waals surface area contributed by atoms with Crippen LogP contribution in [-0.4, -0.2) is 58.1 Å². The second-order valence-electron chi connectivity index (χ2n) is 5.09. The van der Waals surface area contributed by atoms with Crippen molar-refractivity contribution in [2.75, 3.05) is 32.7 Å². The van der Waals surface area contributed by atoms with E-state index in [0.29, 0.717) is 12.3 Å². The maximum Gasteiger partial charge on any atom is 0.101 e. The summed E-state index contributed by atoms with van der Waals surface area (Å²) in [6, 6.07) is 7.96. The Kier molecular flexibility index (Phi) is 4.28. The van der Waals surface area contributed by atoms with Gasteiger partial charge >= 0.3 is 0 Å². The zero-order valence-electron chi connectivity index (χ0n) is 11.8. The summed E-state index contributed by atoms with van der Waals surface area (Å²) in [5, 5.41) is 16.1. The normalized spacial score (nSPS) is 17.0. The van der Waals surface area contributed by atoms with Crippen LogP contribution in [-0.2, 0) is 0 Å². The van der Waals surface area contributed by atoms with Crippen LogP contribution in [0.5, 0.6) is 0 Å². The summed E-state index contributed by atoms with van der Waals surface area (Å²) in [6.45, 7) is 4.59. The summed E-state index contributed by atoms with van der Waals surface area (Å²) in [5.41, 5.74) is 2.68. The number of piperazine rings is 1. The molecule has 0 spiro atoms. The Balaban J connectivity index is 1.72. The van der Waals surface area contributed by atoms with E-state index in [1.54, 1.807) is 12.5 Å². The van der Waals surface area contributed by atoms with Crippen molar-refractivity contribution in [2.45, 2.75) is 0 Å². The minimum atomic E-state index is 0.669. The lowest BCUT2D eigenvalue weighted by Gasteiger charge is -2.27. The van der Waals surface area contributed by atoms with Crippen LogP contribution in [0.3, 0.4) is 0 Å². The lowest BCUT2D eigenvalue weighted by Crippen LogP contribution is -2.45. The van der Waals surface area contributed by atoms with E-state index in [1.165, 1.54) is 0 Å². The fraction of sp³-hybridized carbons (Fsp3) is 0.333. The predicted molar refractivity (Wildman–Crippen MR) is 81.2 cm³/mol. The highest BCUT2D eigenvalue weighted by Gasteiger charge is 2.14. The van der Waals surface area contributed by atoms with Gasteiger partial charge in [-0.05, 0) is 12.1 Å². The van der Waals surface area contributed by atoms with Gasteiger partial charge in [0.25, 0.3) is 0 Å². The summed E-state index contributed by atoms with van der Waals surface area (Å²) in [6.07, 6.45) is 5.41. The molecule has 0 unspecified atom stereocenters. The van der Waals surface area contributed by atoms with Gasteiger partial charge in [0.1, 0.15) is 5.71 Å². The molecule has 0 radical (unpaired) electrons. The number of benzene rings is 1. The smallest absolute Gasteiger partial charge is 0.101 e. The maximum absolute atomic E-state index is 9.29. The summed E-state index contributed by atoms with van der Waals surface area (Å²) in [4.78, 5) is 6.32. The van der Waals surface area contributed by atoms with E-state index in [-0.39, 0.29) is 0 Å². The molecule has 1 aliphatic heterocycles. The molecule has 0 saturated carbocycles. The molecule has 0 bridgehead atoms. The molecule has 2 aromatic rings. The van der Waals surface area contributed by atoms with Crippen LogP contribution in [0.4, 0.5) is 0 Å². The lowest BCUT2D eigenvalue weighted by atomic mass is 10.1. The van der Waals surface area contributed by atoms with E-state index in [2.05, 4.69) is 20.4 Å². The fourth-order valence-electron chi connectivity index (χ4n) is 2.50. The molecule has 1 aliphatic rings. The molecule has 0 aliphatic carbocycles. The molecule has 1 aromatic carbocycles. The molecular weight excluding hydrogens is 266 g/mol. The molecule has 3 rings (SSSR count). The largest absolute Gasteiger partial charge is 0.411 e. The first-order valence-corrected chi connectivity index (χ1v) is 7.09. The van der Waals surface area contributed by atoms with Crippen molar-refractivity contribution in [2.24, 2.45) is 5.16 Å². The van der Waals surface area contributed by atoms with Gasteiger partial charge in [-0.15, -0.1) is 0 Å². The molecule has 0 amide bonds. The van der Waals surface area contributed by atoms with E-state index >= 15 is 0 Å². The third-order valence-corrected chi connectivity index (χ3v) is 3.71. The second kappa shape index (κ2) is 6.51. The van der Waals surface area contributed by atoms with E-state index in [1.807, 2.05) is 35.0 Å². The van der Waals surface area contributed by atoms with Gasteiger partial charge in [0, 0.05) is 56.4 Å². The van der Waals surface area contributed by atoms with Gasteiger partial charge in [0.2, 0.25) is 0 Å². The molecule has 1 aromatic heterocycles. The van der Waals surface area contributed by atoms with Gasteiger partial charge in [-0.3, -0.25) is 4.90 Å². The van der Waals surface area contributed by atoms with Crippen LogP contribution >= 0.6 is 0 Å². The van der Waals surface area contributed by atoms with E-state index < -0.39 is 0 Å². The van der Waals surface area contributed by atoms with Gasteiger partial charge in [0.15, 0.2) is 0 Å². The third-order valence-electron chi connectivity index (χ3n) is 3.71. The quantitative estimate of drug-likeness (QED) is 0.499. The number of oxime groups is 1. The van der Waals surface area contributed by atoms with Crippen LogP contribution < -0.4 is 5.32 Å². The van der Waals surface area contributed by atoms with Crippen molar-refractivity contribution in [3.63, 3.8) is 0 Å². The number of hydrogen-bond donors (Lipinski definition) is 2. The molecule has 21 heavy (non-hydrogen) atoms. The Morgan fingerprint density at radius 2 is 2.00 bits per heavy atom. The SMILES string of the molecule is O/N=C(\CN1CCNCC1)c1ccc(-n2ccnc2)cc1. The monoisotopic (exact) mass is 285 g/mol. The number of nitrogens with one attached hydrogen (secondary N) is 1. The van der Waals surface area contributed by atoms with Gasteiger partial charge in [-0.1, -0.05) is 17.3 Å². The Hall–Kier alpha value is -2.18. The molecule has 1 fully saturated rings. The van der Waals surface area contributed by atoms with Gasteiger partial charge in [-0.2, -0.15) is 0 Å². The Bertz CT molecular complexity index is 585. The summed E-state index contributed by atoms with van der Waals surface area (Å²) in [5.74, 6) is 0. The van der Waals surface area contributed by atoms with Crippen molar-refractivity contribution < 1.29 is 5.21 Å². The number of rotatable bonds is 4.